The first-order valence-corrected chi connectivity index (χ1v) is 9.60. The molecule has 0 saturated carbocycles. The van der Waals surface area contributed by atoms with E-state index >= 15 is 0 Å². The van der Waals surface area contributed by atoms with Crippen molar-refractivity contribution in [3.8, 4) is 5.75 Å². The van der Waals surface area contributed by atoms with Gasteiger partial charge in [-0.05, 0) is 48.0 Å². The third kappa shape index (κ3) is 4.58. The summed E-state index contributed by atoms with van der Waals surface area (Å²) < 4.78 is 5.67. The van der Waals surface area contributed by atoms with Crippen molar-refractivity contribution in [1.82, 2.24) is 4.90 Å². The van der Waals surface area contributed by atoms with Gasteiger partial charge in [0.15, 0.2) is 6.61 Å². The number of amides is 2. The van der Waals surface area contributed by atoms with Gasteiger partial charge in [-0.1, -0.05) is 41.9 Å². The van der Waals surface area contributed by atoms with Crippen molar-refractivity contribution in [2.24, 2.45) is 0 Å². The third-order valence-electron chi connectivity index (χ3n) is 4.71. The van der Waals surface area contributed by atoms with E-state index in [0.29, 0.717) is 35.1 Å². The third-order valence-corrected chi connectivity index (χ3v) is 4.96. The second-order valence-electron chi connectivity index (χ2n) is 6.81. The van der Waals surface area contributed by atoms with Crippen LogP contribution in [-0.4, -0.2) is 23.3 Å². The van der Waals surface area contributed by atoms with Crippen molar-refractivity contribution in [3.05, 3.63) is 94.5 Å². The Morgan fingerprint density at radius 2 is 1.79 bits per heavy atom. The predicted molar refractivity (Wildman–Crippen MR) is 112 cm³/mol. The van der Waals surface area contributed by atoms with Gasteiger partial charge in [-0.25, -0.2) is 0 Å². The Morgan fingerprint density at radius 1 is 1.03 bits per heavy atom. The van der Waals surface area contributed by atoms with Crippen LogP contribution >= 0.6 is 11.6 Å². The molecular weight excluding hydrogens is 388 g/mol. The number of anilines is 1. The molecule has 1 aliphatic heterocycles. The highest BCUT2D eigenvalue weighted by Crippen LogP contribution is 2.28. The van der Waals surface area contributed by atoms with Gasteiger partial charge >= 0.3 is 0 Å². The van der Waals surface area contributed by atoms with Gasteiger partial charge in [-0.15, -0.1) is 0 Å². The zero-order chi connectivity index (χ0) is 20.2. The maximum absolute atomic E-state index is 12.5. The molecule has 0 aromatic heterocycles. The summed E-state index contributed by atoms with van der Waals surface area (Å²) in [7, 11) is 0. The fourth-order valence-corrected chi connectivity index (χ4v) is 3.32. The number of nitrogens with zero attached hydrogens (tertiary/aromatic N) is 1. The smallest absolute Gasteiger partial charge is 0.261 e. The summed E-state index contributed by atoms with van der Waals surface area (Å²) in [6.45, 7) is 0.835. The lowest BCUT2D eigenvalue weighted by Gasteiger charge is -2.20. The minimum atomic E-state index is -0.186. The minimum absolute atomic E-state index is 0.0175. The molecule has 0 atom stereocenters. The van der Waals surface area contributed by atoms with Crippen LogP contribution in [0.25, 0.3) is 0 Å². The summed E-state index contributed by atoms with van der Waals surface area (Å²) in [6.07, 6.45) is 0. The van der Waals surface area contributed by atoms with E-state index in [1.165, 1.54) is 0 Å². The summed E-state index contributed by atoms with van der Waals surface area (Å²) in [5.74, 6) is 0.370. The second-order valence-corrected chi connectivity index (χ2v) is 7.24. The molecule has 3 aromatic rings. The van der Waals surface area contributed by atoms with Crippen LogP contribution in [0.4, 0.5) is 5.69 Å². The van der Waals surface area contributed by atoms with E-state index in [2.05, 4.69) is 5.32 Å². The first-order chi connectivity index (χ1) is 14.1. The Hall–Kier alpha value is -3.31. The summed E-state index contributed by atoms with van der Waals surface area (Å²) in [6, 6.07) is 21.8. The van der Waals surface area contributed by atoms with Gasteiger partial charge < -0.3 is 15.0 Å². The number of carbonyl (C=O) groups excluding carboxylic acids is 2. The summed E-state index contributed by atoms with van der Waals surface area (Å²) >= 11 is 5.94. The molecule has 0 saturated heterocycles. The van der Waals surface area contributed by atoms with E-state index in [-0.39, 0.29) is 18.4 Å². The highest BCUT2D eigenvalue weighted by atomic mass is 35.5. The van der Waals surface area contributed by atoms with Gasteiger partial charge in [0.25, 0.3) is 11.8 Å². The number of hydrogen-bond donors (Lipinski definition) is 1. The van der Waals surface area contributed by atoms with Gasteiger partial charge in [0.2, 0.25) is 0 Å². The largest absolute Gasteiger partial charge is 0.483 e. The first-order valence-electron chi connectivity index (χ1n) is 9.23. The molecular formula is C23H19ClN2O3. The maximum atomic E-state index is 12.5. The Bertz CT molecular complexity index is 1040. The van der Waals surface area contributed by atoms with E-state index < -0.39 is 0 Å². The summed E-state index contributed by atoms with van der Waals surface area (Å²) in [5.41, 5.74) is 3.07. The molecule has 1 aliphatic rings. The van der Waals surface area contributed by atoms with Crippen LogP contribution < -0.4 is 10.1 Å². The molecule has 5 nitrogen and oxygen atoms in total. The Morgan fingerprint density at radius 3 is 2.55 bits per heavy atom. The van der Waals surface area contributed by atoms with Crippen LogP contribution in [-0.2, 0) is 17.9 Å². The quantitative estimate of drug-likeness (QED) is 0.693. The SMILES string of the molecule is O=C(Nc1ccc2c(c1)CN(Cc1ccc(Cl)cc1)C(=O)CO2)c1ccccc1. The van der Waals surface area contributed by atoms with Crippen molar-refractivity contribution in [1.29, 1.82) is 0 Å². The van der Waals surface area contributed by atoms with E-state index in [4.69, 9.17) is 16.3 Å². The molecule has 0 bridgehead atoms. The molecule has 146 valence electrons. The van der Waals surface area contributed by atoms with Gasteiger partial charge in [0.05, 0.1) is 0 Å². The van der Waals surface area contributed by atoms with E-state index in [0.717, 1.165) is 11.1 Å². The standard InChI is InChI=1S/C23H19ClN2O3/c24-19-8-6-16(7-9-19)13-26-14-18-12-20(10-11-21(18)29-15-22(26)27)25-23(28)17-4-2-1-3-5-17/h1-12H,13-15H2,(H,25,28). The zero-order valence-electron chi connectivity index (χ0n) is 15.6. The number of ether oxygens (including phenoxy) is 1. The summed E-state index contributed by atoms with van der Waals surface area (Å²) in [4.78, 5) is 26.7. The van der Waals surface area contributed by atoms with Crippen LogP contribution in [0.2, 0.25) is 5.02 Å². The first kappa shape index (κ1) is 19.0. The van der Waals surface area contributed by atoms with Crippen molar-refractivity contribution in [2.75, 3.05) is 11.9 Å². The van der Waals surface area contributed by atoms with Crippen molar-refractivity contribution in [2.45, 2.75) is 13.1 Å². The van der Waals surface area contributed by atoms with Crippen molar-refractivity contribution >= 4 is 29.1 Å². The molecule has 4 rings (SSSR count). The van der Waals surface area contributed by atoms with Gasteiger partial charge in [-0.3, -0.25) is 9.59 Å². The number of fused-ring (bicyclic) bond motifs is 1. The second kappa shape index (κ2) is 8.37. The molecule has 0 spiro atoms. The number of benzene rings is 3. The van der Waals surface area contributed by atoms with E-state index in [1.807, 2.05) is 36.4 Å². The molecule has 3 aromatic carbocycles. The fourth-order valence-electron chi connectivity index (χ4n) is 3.19. The van der Waals surface area contributed by atoms with Crippen molar-refractivity contribution < 1.29 is 14.3 Å². The molecule has 2 amide bonds. The molecule has 6 heteroatoms. The molecule has 1 N–H and O–H groups in total. The number of hydrogen-bond acceptors (Lipinski definition) is 3. The van der Waals surface area contributed by atoms with Crippen molar-refractivity contribution in [3.63, 3.8) is 0 Å². The van der Waals surface area contributed by atoms with E-state index in [9.17, 15) is 9.59 Å². The van der Waals surface area contributed by atoms with Crippen LogP contribution in [0.3, 0.4) is 0 Å². The maximum Gasteiger partial charge on any atom is 0.261 e. The lowest BCUT2D eigenvalue weighted by Crippen LogP contribution is -2.31. The number of rotatable bonds is 4. The van der Waals surface area contributed by atoms with Crippen LogP contribution in [0, 0.1) is 0 Å². The van der Waals surface area contributed by atoms with Gasteiger partial charge in [0.1, 0.15) is 5.75 Å². The summed E-state index contributed by atoms with van der Waals surface area (Å²) in [5, 5.41) is 3.55. The molecule has 0 fully saturated rings. The monoisotopic (exact) mass is 406 g/mol. The van der Waals surface area contributed by atoms with Gasteiger partial charge in [-0.2, -0.15) is 0 Å². The van der Waals surface area contributed by atoms with Crippen LogP contribution in [0.1, 0.15) is 21.5 Å². The number of nitrogens with one attached hydrogen (secondary N) is 1. The Balaban J connectivity index is 1.53. The molecule has 0 unspecified atom stereocenters. The Labute approximate surface area is 173 Å². The lowest BCUT2D eigenvalue weighted by atomic mass is 10.1. The van der Waals surface area contributed by atoms with E-state index in [1.54, 1.807) is 41.3 Å². The average molecular weight is 407 g/mol. The number of carbonyl (C=O) groups is 2. The predicted octanol–water partition coefficient (Wildman–Crippen LogP) is 4.51. The molecule has 29 heavy (non-hydrogen) atoms. The molecule has 1 heterocycles. The number of halogens is 1. The average Bonchev–Trinajstić information content (AvgIpc) is 2.89. The normalized spacial score (nSPS) is 13.3. The van der Waals surface area contributed by atoms with Crippen LogP contribution in [0.15, 0.2) is 72.8 Å². The molecule has 0 aliphatic carbocycles. The Kier molecular flexibility index (Phi) is 5.49. The topological polar surface area (TPSA) is 58.6 Å². The fraction of sp³-hybridized carbons (Fsp3) is 0.130. The highest BCUT2D eigenvalue weighted by molar-refractivity contribution is 6.30. The van der Waals surface area contributed by atoms with Crippen LogP contribution in [0.5, 0.6) is 5.75 Å². The molecule has 0 radical (unpaired) electrons. The highest BCUT2D eigenvalue weighted by Gasteiger charge is 2.22. The van der Waals surface area contributed by atoms with Gasteiger partial charge in [0, 0.05) is 34.9 Å². The minimum Gasteiger partial charge on any atom is -0.483 e. The zero-order valence-corrected chi connectivity index (χ0v) is 16.4. The lowest BCUT2D eigenvalue weighted by molar-refractivity contribution is -0.133.